The smallest absolute Gasteiger partial charge is 0.370 e. The molecule has 1 heterocycles. The summed E-state index contributed by atoms with van der Waals surface area (Å²) < 4.78 is 74.2. The number of anilines is 1. The number of hydrogen-bond acceptors (Lipinski definition) is 5. The minimum Gasteiger partial charge on any atom is -0.370 e. The Morgan fingerprint density at radius 1 is 0.938 bits per heavy atom. The summed E-state index contributed by atoms with van der Waals surface area (Å²) in [5.41, 5.74) is 4.77. The second-order valence-electron chi connectivity index (χ2n) is 2.35. The minimum absolute atomic E-state index is 1.03. The van der Waals surface area contributed by atoms with Crippen molar-refractivity contribution in [1.82, 2.24) is 15.0 Å². The van der Waals surface area contributed by atoms with Crippen molar-refractivity contribution >= 4 is 5.95 Å². The van der Waals surface area contributed by atoms with Gasteiger partial charge in [0.2, 0.25) is 11.8 Å². The van der Waals surface area contributed by atoms with E-state index in [-0.39, 0.29) is 0 Å². The van der Waals surface area contributed by atoms with E-state index in [1.54, 1.807) is 0 Å². The second kappa shape index (κ2) is 3.64. The summed E-state index contributed by atoms with van der Waals surface area (Å²) in [6.07, 6.45) is -10.3. The molecule has 0 radical (unpaired) electrons. The number of nitrogen functional groups attached to an aromatic ring is 1. The first kappa shape index (κ1) is 12.3. The van der Waals surface area contributed by atoms with Gasteiger partial charge >= 0.3 is 18.5 Å². The topological polar surface area (TPSA) is 73.9 Å². The molecule has 0 spiro atoms. The molecule has 1 aromatic rings. The van der Waals surface area contributed by atoms with Crippen LogP contribution in [-0.2, 0) is 6.18 Å². The maximum absolute atomic E-state index is 12.0. The Kier molecular flexibility index (Phi) is 2.79. The lowest BCUT2D eigenvalue weighted by Crippen LogP contribution is -2.21. The van der Waals surface area contributed by atoms with Gasteiger partial charge in [-0.05, 0) is 0 Å². The molecule has 0 saturated heterocycles. The number of rotatable bonds is 1. The van der Waals surface area contributed by atoms with Crippen LogP contribution in [0.15, 0.2) is 0 Å². The van der Waals surface area contributed by atoms with Crippen molar-refractivity contribution in [3.63, 3.8) is 0 Å². The Morgan fingerprint density at radius 3 is 1.94 bits per heavy atom. The number of nitrogens with zero attached hydrogens (tertiary/aromatic N) is 3. The van der Waals surface area contributed by atoms with Gasteiger partial charge in [-0.25, -0.2) is 0 Å². The van der Waals surface area contributed by atoms with Gasteiger partial charge in [-0.2, -0.15) is 28.1 Å². The van der Waals surface area contributed by atoms with E-state index < -0.39 is 30.3 Å². The van der Waals surface area contributed by atoms with Crippen molar-refractivity contribution in [2.24, 2.45) is 0 Å². The number of alkyl halides is 6. The number of hydrogen-bond donors (Lipinski definition) is 1. The zero-order valence-corrected chi connectivity index (χ0v) is 7.10. The molecule has 5 nitrogen and oxygen atoms in total. The summed E-state index contributed by atoms with van der Waals surface area (Å²) in [6, 6.07) is -1.56. The second-order valence-corrected chi connectivity index (χ2v) is 2.35. The predicted octanol–water partition coefficient (Wildman–Crippen LogP) is 1.37. The molecule has 2 N–H and O–H groups in total. The van der Waals surface area contributed by atoms with Crippen LogP contribution in [0.25, 0.3) is 0 Å². The Hall–Kier alpha value is -1.81. The number of halogens is 6. The van der Waals surface area contributed by atoms with Gasteiger partial charge in [0.25, 0.3) is 0 Å². The molecule has 1 aromatic heterocycles. The third kappa shape index (κ3) is 3.40. The van der Waals surface area contributed by atoms with E-state index in [1.165, 1.54) is 0 Å². The van der Waals surface area contributed by atoms with Crippen LogP contribution in [-0.4, -0.2) is 21.3 Å². The normalized spacial score (nSPS) is 12.6. The average Bonchev–Trinajstić information content (AvgIpc) is 1.97. The van der Waals surface area contributed by atoms with Crippen molar-refractivity contribution < 1.29 is 31.1 Å². The first-order chi connectivity index (χ1) is 7.08. The first-order valence-electron chi connectivity index (χ1n) is 3.42. The molecule has 0 amide bonds. The number of ether oxygens (including phenoxy) is 1. The molecule has 11 heteroatoms. The van der Waals surface area contributed by atoms with Crippen molar-refractivity contribution in [3.8, 4) is 6.01 Å². The molecular weight excluding hydrogens is 246 g/mol. The van der Waals surface area contributed by atoms with E-state index in [9.17, 15) is 26.3 Å². The fraction of sp³-hybridized carbons (Fsp3) is 0.400. The minimum atomic E-state index is -5.21. The highest BCUT2D eigenvalue weighted by Gasteiger charge is 2.38. The van der Waals surface area contributed by atoms with E-state index in [0.717, 1.165) is 0 Å². The maximum atomic E-state index is 12.0. The molecule has 0 atom stereocenters. The van der Waals surface area contributed by atoms with Gasteiger partial charge in [0.1, 0.15) is 0 Å². The van der Waals surface area contributed by atoms with Crippen molar-refractivity contribution in [1.29, 1.82) is 0 Å². The first-order valence-corrected chi connectivity index (χ1v) is 3.42. The van der Waals surface area contributed by atoms with Crippen LogP contribution in [0.4, 0.5) is 32.3 Å². The van der Waals surface area contributed by atoms with Gasteiger partial charge in [-0.1, -0.05) is 0 Å². The van der Waals surface area contributed by atoms with Crippen LogP contribution < -0.4 is 10.5 Å². The Labute approximate surface area is 83.3 Å². The van der Waals surface area contributed by atoms with Gasteiger partial charge in [-0.15, -0.1) is 13.2 Å². The van der Waals surface area contributed by atoms with Crippen LogP contribution in [0.5, 0.6) is 6.01 Å². The summed E-state index contributed by atoms with van der Waals surface area (Å²) in [5, 5.41) is 0. The van der Waals surface area contributed by atoms with Crippen LogP contribution in [0.2, 0.25) is 0 Å². The molecule has 90 valence electrons. The standard InChI is InChI=1S/C5H2F6N4O/c6-4(7,8)1-13-2(12)15-3(14-1)16-5(9,10)11/h(H2,12,13,14,15). The lowest BCUT2D eigenvalue weighted by atomic mass is 10.6. The van der Waals surface area contributed by atoms with E-state index in [4.69, 9.17) is 5.73 Å². The van der Waals surface area contributed by atoms with E-state index in [0.29, 0.717) is 0 Å². The SMILES string of the molecule is Nc1nc(OC(F)(F)F)nc(C(F)(F)F)n1. The Morgan fingerprint density at radius 2 is 1.50 bits per heavy atom. The zero-order valence-electron chi connectivity index (χ0n) is 7.10. The Bertz CT molecular complexity index is 387. The maximum Gasteiger partial charge on any atom is 0.575 e. The van der Waals surface area contributed by atoms with Gasteiger partial charge in [0.15, 0.2) is 0 Å². The Balaban J connectivity index is 3.09. The molecule has 0 aliphatic carbocycles. The molecule has 0 aromatic carbocycles. The van der Waals surface area contributed by atoms with Gasteiger partial charge in [-0.3, -0.25) is 0 Å². The molecule has 16 heavy (non-hydrogen) atoms. The molecule has 0 aliphatic rings. The fourth-order valence-corrected chi connectivity index (χ4v) is 0.648. The lowest BCUT2D eigenvalue weighted by molar-refractivity contribution is -0.278. The van der Waals surface area contributed by atoms with E-state index >= 15 is 0 Å². The molecule has 0 bridgehead atoms. The highest BCUT2D eigenvalue weighted by atomic mass is 19.4. The van der Waals surface area contributed by atoms with E-state index in [2.05, 4.69) is 19.7 Å². The number of nitrogens with two attached hydrogens (primary N) is 1. The van der Waals surface area contributed by atoms with Crippen molar-refractivity contribution in [3.05, 3.63) is 5.82 Å². The van der Waals surface area contributed by atoms with Crippen LogP contribution in [0.1, 0.15) is 5.82 Å². The van der Waals surface area contributed by atoms with Gasteiger partial charge in [0.05, 0.1) is 0 Å². The summed E-state index contributed by atoms with van der Waals surface area (Å²) in [6.45, 7) is 0. The van der Waals surface area contributed by atoms with Crippen molar-refractivity contribution in [2.45, 2.75) is 12.5 Å². The summed E-state index contributed by atoms with van der Waals surface area (Å²) in [4.78, 5) is 7.79. The van der Waals surface area contributed by atoms with E-state index in [1.807, 2.05) is 0 Å². The third-order valence-electron chi connectivity index (χ3n) is 1.09. The van der Waals surface area contributed by atoms with Crippen LogP contribution in [0.3, 0.4) is 0 Å². The highest BCUT2D eigenvalue weighted by Crippen LogP contribution is 2.28. The predicted molar refractivity (Wildman–Crippen MR) is 35.9 cm³/mol. The summed E-state index contributed by atoms with van der Waals surface area (Å²) in [5.74, 6) is -2.89. The molecule has 0 saturated carbocycles. The summed E-state index contributed by atoms with van der Waals surface area (Å²) >= 11 is 0. The highest BCUT2D eigenvalue weighted by molar-refractivity contribution is 5.19. The molecule has 0 fully saturated rings. The number of aromatic nitrogens is 3. The quantitative estimate of drug-likeness (QED) is 0.759. The third-order valence-corrected chi connectivity index (χ3v) is 1.09. The zero-order chi connectivity index (χ0) is 12.6. The van der Waals surface area contributed by atoms with Gasteiger partial charge < -0.3 is 10.5 Å². The van der Waals surface area contributed by atoms with Gasteiger partial charge in [0, 0.05) is 0 Å². The molecule has 0 aliphatic heterocycles. The van der Waals surface area contributed by atoms with Crippen molar-refractivity contribution in [2.75, 3.05) is 5.73 Å². The monoisotopic (exact) mass is 248 g/mol. The fourth-order valence-electron chi connectivity index (χ4n) is 0.648. The lowest BCUT2D eigenvalue weighted by Gasteiger charge is -2.09. The molecular formula is C5H2F6N4O. The van der Waals surface area contributed by atoms with Crippen LogP contribution in [0, 0.1) is 0 Å². The molecule has 0 unspecified atom stereocenters. The molecule has 1 rings (SSSR count). The largest absolute Gasteiger partial charge is 0.575 e. The summed E-state index contributed by atoms with van der Waals surface area (Å²) in [7, 11) is 0. The average molecular weight is 248 g/mol. The van der Waals surface area contributed by atoms with Crippen LogP contribution >= 0.6 is 0 Å².